The Morgan fingerprint density at radius 2 is 1.91 bits per heavy atom. The molecule has 0 bridgehead atoms. The van der Waals surface area contributed by atoms with Crippen molar-refractivity contribution in [1.82, 2.24) is 14.8 Å². The molecule has 0 aliphatic heterocycles. The van der Waals surface area contributed by atoms with E-state index in [0.717, 1.165) is 39.1 Å². The fourth-order valence-corrected chi connectivity index (χ4v) is 3.87. The molecule has 1 amide bonds. The predicted octanol–water partition coefficient (Wildman–Crippen LogP) is 3.98. The normalized spacial score (nSPS) is 10.7. The largest absolute Gasteiger partial charge is 0.455 e. The number of fused-ring (bicyclic) bond motifs is 1. The third kappa shape index (κ3) is 4.51. The van der Waals surface area contributed by atoms with Crippen molar-refractivity contribution in [2.24, 2.45) is 0 Å². The van der Waals surface area contributed by atoms with Crippen LogP contribution in [0.25, 0.3) is 16.6 Å². The summed E-state index contributed by atoms with van der Waals surface area (Å²) in [6.45, 7) is 5.21. The van der Waals surface area contributed by atoms with Crippen LogP contribution in [0.5, 0.6) is 0 Å². The Hall–Kier alpha value is -4.31. The molecule has 7 nitrogen and oxygen atoms in total. The van der Waals surface area contributed by atoms with Crippen molar-refractivity contribution in [3.63, 3.8) is 0 Å². The van der Waals surface area contributed by atoms with E-state index in [1.807, 2.05) is 69.3 Å². The van der Waals surface area contributed by atoms with Crippen LogP contribution in [0.4, 0.5) is 5.69 Å². The number of benzene rings is 2. The minimum absolute atomic E-state index is 0.0541. The minimum Gasteiger partial charge on any atom is -0.455 e. The van der Waals surface area contributed by atoms with Gasteiger partial charge in [-0.3, -0.25) is 9.59 Å². The van der Waals surface area contributed by atoms with E-state index in [1.165, 1.54) is 0 Å². The monoisotopic (exact) mass is 440 g/mol. The molecule has 0 radical (unpaired) electrons. The second-order valence-electron chi connectivity index (χ2n) is 7.81. The van der Waals surface area contributed by atoms with Crippen LogP contribution in [0.2, 0.25) is 0 Å². The smallest absolute Gasteiger partial charge is 0.310 e. The van der Waals surface area contributed by atoms with Gasteiger partial charge in [0.05, 0.1) is 29.2 Å². The van der Waals surface area contributed by atoms with E-state index in [1.54, 1.807) is 4.68 Å². The fourth-order valence-electron chi connectivity index (χ4n) is 3.87. The summed E-state index contributed by atoms with van der Waals surface area (Å²) >= 11 is 0. The predicted molar refractivity (Wildman–Crippen MR) is 127 cm³/mol. The number of amides is 1. The maximum atomic E-state index is 12.5. The number of carbonyl (C=O) groups excluding carboxylic acids is 2. The number of hydrogen-bond donors (Lipinski definition) is 2. The molecule has 2 aromatic heterocycles. The minimum atomic E-state index is -0.483. The lowest BCUT2D eigenvalue weighted by atomic mass is 10.1. The standard InChI is InChI=1S/C26H24N4O3/c1-5-19-11-12-21-22(16(2)27-23(21)13-19)14-25(32)33-15-24(31)28-26-17(3)29-30(18(26)4)20-9-7-6-8-10-20/h1,6-13,27H,14-15H2,2-4H3,(H,28,31). The Morgan fingerprint density at radius 3 is 2.64 bits per heavy atom. The highest BCUT2D eigenvalue weighted by atomic mass is 16.5. The number of nitrogens with zero attached hydrogens (tertiary/aromatic N) is 2. The molecule has 2 aromatic carbocycles. The van der Waals surface area contributed by atoms with E-state index < -0.39 is 11.9 Å². The second kappa shape index (κ2) is 9.05. The van der Waals surface area contributed by atoms with Crippen LogP contribution >= 0.6 is 0 Å². The molecule has 0 spiro atoms. The molecule has 2 heterocycles. The lowest BCUT2D eigenvalue weighted by Gasteiger charge is -2.08. The molecule has 0 saturated carbocycles. The number of para-hydroxylation sites is 1. The van der Waals surface area contributed by atoms with Crippen LogP contribution in [0.3, 0.4) is 0 Å². The van der Waals surface area contributed by atoms with E-state index in [0.29, 0.717) is 11.4 Å². The van der Waals surface area contributed by atoms with Crippen molar-refractivity contribution in [2.45, 2.75) is 27.2 Å². The number of anilines is 1. The zero-order chi connectivity index (χ0) is 23.5. The maximum Gasteiger partial charge on any atom is 0.310 e. The number of hydrogen-bond acceptors (Lipinski definition) is 4. The third-order valence-electron chi connectivity index (χ3n) is 5.53. The van der Waals surface area contributed by atoms with Gasteiger partial charge in [-0.15, -0.1) is 6.42 Å². The van der Waals surface area contributed by atoms with Gasteiger partial charge in [-0.2, -0.15) is 5.10 Å². The Bertz CT molecular complexity index is 1390. The first-order valence-corrected chi connectivity index (χ1v) is 10.5. The van der Waals surface area contributed by atoms with Gasteiger partial charge < -0.3 is 15.0 Å². The van der Waals surface area contributed by atoms with Crippen LogP contribution in [0, 0.1) is 33.1 Å². The fraction of sp³-hybridized carbons (Fsp3) is 0.192. The second-order valence-corrected chi connectivity index (χ2v) is 7.81. The van der Waals surface area contributed by atoms with Gasteiger partial charge in [0.2, 0.25) is 0 Å². The number of aromatic amines is 1. The van der Waals surface area contributed by atoms with Crippen molar-refractivity contribution in [3.05, 3.63) is 76.7 Å². The van der Waals surface area contributed by atoms with Crippen LogP contribution < -0.4 is 5.32 Å². The molecule has 0 saturated heterocycles. The van der Waals surface area contributed by atoms with Gasteiger partial charge in [0.25, 0.3) is 5.91 Å². The van der Waals surface area contributed by atoms with Crippen molar-refractivity contribution in [1.29, 1.82) is 0 Å². The first kappa shape index (κ1) is 21.9. The third-order valence-corrected chi connectivity index (χ3v) is 5.53. The Balaban J connectivity index is 1.40. The molecule has 33 heavy (non-hydrogen) atoms. The first-order valence-electron chi connectivity index (χ1n) is 10.5. The molecule has 4 aromatic rings. The molecular formula is C26H24N4O3. The summed E-state index contributed by atoms with van der Waals surface area (Å²) in [7, 11) is 0. The lowest BCUT2D eigenvalue weighted by molar-refractivity contribution is -0.146. The van der Waals surface area contributed by atoms with Crippen LogP contribution in [0.15, 0.2) is 48.5 Å². The van der Waals surface area contributed by atoms with Crippen LogP contribution in [-0.2, 0) is 20.7 Å². The topological polar surface area (TPSA) is 89.0 Å². The average Bonchev–Trinajstić information content (AvgIpc) is 3.28. The number of H-pyrrole nitrogens is 1. The molecule has 166 valence electrons. The Labute approximate surface area is 191 Å². The number of rotatable bonds is 6. The van der Waals surface area contributed by atoms with Crippen LogP contribution in [0.1, 0.15) is 28.2 Å². The van der Waals surface area contributed by atoms with Gasteiger partial charge in [-0.05, 0) is 50.6 Å². The van der Waals surface area contributed by atoms with Gasteiger partial charge >= 0.3 is 5.97 Å². The summed E-state index contributed by atoms with van der Waals surface area (Å²) in [6.07, 6.45) is 5.51. The van der Waals surface area contributed by atoms with Crippen molar-refractivity contribution in [3.8, 4) is 18.0 Å². The van der Waals surface area contributed by atoms with E-state index in [-0.39, 0.29) is 13.0 Å². The SMILES string of the molecule is C#Cc1ccc2c(CC(=O)OCC(=O)Nc3c(C)nn(-c4ccccc4)c3C)c(C)[nH]c2c1. The molecule has 0 unspecified atom stereocenters. The van der Waals surface area contributed by atoms with Crippen molar-refractivity contribution < 1.29 is 14.3 Å². The number of terminal acetylenes is 1. The van der Waals surface area contributed by atoms with Gasteiger partial charge in [0.1, 0.15) is 0 Å². The summed E-state index contributed by atoms with van der Waals surface area (Å²) in [6, 6.07) is 15.2. The summed E-state index contributed by atoms with van der Waals surface area (Å²) in [5.74, 6) is 1.70. The van der Waals surface area contributed by atoms with E-state index >= 15 is 0 Å². The lowest BCUT2D eigenvalue weighted by Crippen LogP contribution is -2.22. The number of aryl methyl sites for hydroxylation is 2. The summed E-state index contributed by atoms with van der Waals surface area (Å²) < 4.78 is 7.01. The van der Waals surface area contributed by atoms with E-state index in [2.05, 4.69) is 21.3 Å². The average molecular weight is 441 g/mol. The molecule has 0 atom stereocenters. The molecule has 2 N–H and O–H groups in total. The summed E-state index contributed by atoms with van der Waals surface area (Å²) in [4.78, 5) is 28.2. The summed E-state index contributed by atoms with van der Waals surface area (Å²) in [5.41, 5.74) is 6.29. The molecule has 7 heteroatoms. The van der Waals surface area contributed by atoms with Gasteiger partial charge in [-0.25, -0.2) is 4.68 Å². The quantitative estimate of drug-likeness (QED) is 0.351. The van der Waals surface area contributed by atoms with Crippen molar-refractivity contribution >= 4 is 28.5 Å². The van der Waals surface area contributed by atoms with Crippen LogP contribution in [-0.4, -0.2) is 33.2 Å². The highest BCUT2D eigenvalue weighted by Crippen LogP contribution is 2.24. The number of nitrogens with one attached hydrogen (secondary N) is 2. The summed E-state index contributed by atoms with van der Waals surface area (Å²) in [5, 5.41) is 8.23. The number of aromatic nitrogens is 3. The van der Waals surface area contributed by atoms with Crippen molar-refractivity contribution in [2.75, 3.05) is 11.9 Å². The Kier molecular flexibility index (Phi) is 6.01. The Morgan fingerprint density at radius 1 is 1.15 bits per heavy atom. The molecule has 0 aliphatic rings. The first-order chi connectivity index (χ1) is 15.9. The highest BCUT2D eigenvalue weighted by Gasteiger charge is 2.18. The number of carbonyl (C=O) groups is 2. The zero-order valence-corrected chi connectivity index (χ0v) is 18.7. The molecule has 0 aliphatic carbocycles. The highest BCUT2D eigenvalue weighted by molar-refractivity contribution is 5.94. The molecule has 4 rings (SSSR count). The van der Waals surface area contributed by atoms with E-state index in [9.17, 15) is 9.59 Å². The zero-order valence-electron chi connectivity index (χ0n) is 18.7. The van der Waals surface area contributed by atoms with Gasteiger partial charge in [0, 0.05) is 22.2 Å². The number of ether oxygens (including phenoxy) is 1. The molecular weight excluding hydrogens is 416 g/mol. The number of esters is 1. The van der Waals surface area contributed by atoms with Gasteiger partial charge in [0.15, 0.2) is 6.61 Å². The van der Waals surface area contributed by atoms with Gasteiger partial charge in [-0.1, -0.05) is 30.2 Å². The maximum absolute atomic E-state index is 12.5. The van der Waals surface area contributed by atoms with E-state index in [4.69, 9.17) is 11.2 Å². The molecule has 0 fully saturated rings.